The lowest BCUT2D eigenvalue weighted by Crippen LogP contribution is -2.04. The molecule has 0 atom stereocenters. The Kier molecular flexibility index (Phi) is 6.17. The third-order valence-corrected chi connectivity index (χ3v) is 6.45. The molecule has 0 amide bonds. The third kappa shape index (κ3) is 4.12. The molecule has 6 nitrogen and oxygen atoms in total. The Morgan fingerprint density at radius 1 is 0.743 bits per heavy atom. The minimum absolute atomic E-state index is 0.538. The molecular formula is C28H24BrN3O3. The van der Waals surface area contributed by atoms with E-state index in [4.69, 9.17) is 24.3 Å². The Morgan fingerprint density at radius 3 is 2.00 bits per heavy atom. The zero-order valence-corrected chi connectivity index (χ0v) is 21.5. The van der Waals surface area contributed by atoms with Crippen LogP contribution >= 0.6 is 15.9 Å². The lowest BCUT2D eigenvalue weighted by atomic mass is 9.97. The second kappa shape index (κ2) is 9.43. The van der Waals surface area contributed by atoms with Crippen molar-refractivity contribution < 1.29 is 14.2 Å². The van der Waals surface area contributed by atoms with Crippen molar-refractivity contribution >= 4 is 21.6 Å². The first-order valence-electron chi connectivity index (χ1n) is 11.1. The highest BCUT2D eigenvalue weighted by atomic mass is 79.9. The van der Waals surface area contributed by atoms with Crippen LogP contribution in [0, 0.1) is 6.92 Å². The van der Waals surface area contributed by atoms with Gasteiger partial charge in [-0.25, -0.2) is 9.50 Å². The molecule has 0 aliphatic rings. The normalized spacial score (nSPS) is 11.0. The summed E-state index contributed by atoms with van der Waals surface area (Å²) in [5.41, 5.74) is 7.28. The Labute approximate surface area is 212 Å². The van der Waals surface area contributed by atoms with Gasteiger partial charge in [0, 0.05) is 32.9 Å². The van der Waals surface area contributed by atoms with E-state index in [0.29, 0.717) is 17.2 Å². The van der Waals surface area contributed by atoms with Gasteiger partial charge in [0.05, 0.1) is 32.7 Å². The van der Waals surface area contributed by atoms with Gasteiger partial charge in [-0.3, -0.25) is 0 Å². The van der Waals surface area contributed by atoms with Gasteiger partial charge in [-0.2, -0.15) is 5.10 Å². The summed E-state index contributed by atoms with van der Waals surface area (Å²) in [6.07, 6.45) is 0. The highest BCUT2D eigenvalue weighted by molar-refractivity contribution is 9.10. The molecule has 0 radical (unpaired) electrons. The van der Waals surface area contributed by atoms with Gasteiger partial charge in [-0.05, 0) is 36.8 Å². The molecule has 176 valence electrons. The first-order chi connectivity index (χ1) is 17.0. The molecule has 35 heavy (non-hydrogen) atoms. The molecule has 7 heteroatoms. The molecule has 5 rings (SSSR count). The van der Waals surface area contributed by atoms with Gasteiger partial charge in [0.25, 0.3) is 0 Å². The number of fused-ring (bicyclic) bond motifs is 1. The second-order valence-electron chi connectivity index (χ2n) is 8.01. The van der Waals surface area contributed by atoms with Gasteiger partial charge in [-0.15, -0.1) is 0 Å². The van der Waals surface area contributed by atoms with E-state index < -0.39 is 0 Å². The molecule has 5 aromatic rings. The molecule has 0 unspecified atom stereocenters. The number of ether oxygens (including phenoxy) is 3. The predicted molar refractivity (Wildman–Crippen MR) is 141 cm³/mol. The molecule has 0 aliphatic heterocycles. The molecule has 0 N–H and O–H groups in total. The summed E-state index contributed by atoms with van der Waals surface area (Å²) < 4.78 is 19.8. The first-order valence-corrected chi connectivity index (χ1v) is 11.9. The SMILES string of the molecule is COc1cc(-c2c(-c3ccc(Br)cc3)c(C)nc3cc(-c4ccccc4)nn23)cc(OC)c1OC. The van der Waals surface area contributed by atoms with Crippen LogP contribution in [0.2, 0.25) is 0 Å². The van der Waals surface area contributed by atoms with E-state index in [2.05, 4.69) is 28.1 Å². The summed E-state index contributed by atoms with van der Waals surface area (Å²) >= 11 is 3.54. The van der Waals surface area contributed by atoms with Crippen molar-refractivity contribution in [2.75, 3.05) is 21.3 Å². The Balaban J connectivity index is 1.87. The Hall–Kier alpha value is -3.84. The largest absolute Gasteiger partial charge is 0.493 e. The number of aryl methyl sites for hydroxylation is 1. The van der Waals surface area contributed by atoms with Crippen LogP contribution in [0.4, 0.5) is 0 Å². The van der Waals surface area contributed by atoms with Crippen LogP contribution in [-0.2, 0) is 0 Å². The standard InChI is InChI=1S/C28H24BrN3O3/c1-17-26(19-10-12-21(29)13-11-19)27(20-14-23(33-2)28(35-4)24(15-20)34-3)32-25(30-17)16-22(31-32)18-8-6-5-7-9-18/h5-16H,1-4H3. The van der Waals surface area contributed by atoms with Crippen LogP contribution in [-0.4, -0.2) is 35.9 Å². The van der Waals surface area contributed by atoms with E-state index in [1.54, 1.807) is 21.3 Å². The van der Waals surface area contributed by atoms with Gasteiger partial charge in [-0.1, -0.05) is 58.4 Å². The quantitative estimate of drug-likeness (QED) is 0.241. The summed E-state index contributed by atoms with van der Waals surface area (Å²) in [7, 11) is 4.83. The van der Waals surface area contributed by atoms with E-state index in [-0.39, 0.29) is 0 Å². The van der Waals surface area contributed by atoms with Gasteiger partial charge < -0.3 is 14.2 Å². The van der Waals surface area contributed by atoms with E-state index in [1.807, 2.05) is 72.1 Å². The van der Waals surface area contributed by atoms with Gasteiger partial charge in [0.15, 0.2) is 17.1 Å². The minimum atomic E-state index is 0.538. The number of methoxy groups -OCH3 is 3. The molecule has 0 saturated heterocycles. The minimum Gasteiger partial charge on any atom is -0.493 e. The zero-order valence-electron chi connectivity index (χ0n) is 19.9. The molecule has 2 aromatic heterocycles. The molecule has 0 aliphatic carbocycles. The Bertz CT molecular complexity index is 1490. The fraction of sp³-hybridized carbons (Fsp3) is 0.143. The van der Waals surface area contributed by atoms with Crippen LogP contribution < -0.4 is 14.2 Å². The van der Waals surface area contributed by atoms with E-state index in [9.17, 15) is 0 Å². The predicted octanol–water partition coefficient (Wildman–Crippen LogP) is 6.83. The number of rotatable bonds is 6. The lowest BCUT2D eigenvalue weighted by Gasteiger charge is -2.18. The van der Waals surface area contributed by atoms with Crippen LogP contribution in [0.25, 0.3) is 39.3 Å². The lowest BCUT2D eigenvalue weighted by molar-refractivity contribution is 0.324. The van der Waals surface area contributed by atoms with Crippen molar-refractivity contribution in [2.45, 2.75) is 6.92 Å². The number of aromatic nitrogens is 3. The summed E-state index contributed by atoms with van der Waals surface area (Å²) in [6.45, 7) is 2.02. The van der Waals surface area contributed by atoms with Crippen molar-refractivity contribution in [3.05, 3.63) is 83.0 Å². The number of hydrogen-bond acceptors (Lipinski definition) is 5. The second-order valence-corrected chi connectivity index (χ2v) is 8.92. The molecule has 3 aromatic carbocycles. The first kappa shape index (κ1) is 22.9. The highest BCUT2D eigenvalue weighted by Gasteiger charge is 2.22. The summed E-state index contributed by atoms with van der Waals surface area (Å²) in [6, 6.07) is 24.2. The van der Waals surface area contributed by atoms with E-state index >= 15 is 0 Å². The molecule has 0 spiro atoms. The van der Waals surface area contributed by atoms with Crippen molar-refractivity contribution in [1.82, 2.24) is 14.6 Å². The molecule has 0 fully saturated rings. The fourth-order valence-electron chi connectivity index (χ4n) is 4.32. The van der Waals surface area contributed by atoms with Crippen LogP contribution in [0.3, 0.4) is 0 Å². The zero-order chi connectivity index (χ0) is 24.5. The van der Waals surface area contributed by atoms with E-state index in [0.717, 1.165) is 49.5 Å². The highest BCUT2D eigenvalue weighted by Crippen LogP contribution is 2.44. The molecular weight excluding hydrogens is 506 g/mol. The number of hydrogen-bond donors (Lipinski definition) is 0. The van der Waals surface area contributed by atoms with Gasteiger partial charge in [0.2, 0.25) is 5.75 Å². The number of nitrogens with zero attached hydrogens (tertiary/aromatic N) is 3. The van der Waals surface area contributed by atoms with Crippen molar-refractivity contribution in [2.24, 2.45) is 0 Å². The summed E-state index contributed by atoms with van der Waals surface area (Å²) in [5, 5.41) is 4.99. The van der Waals surface area contributed by atoms with E-state index in [1.165, 1.54) is 0 Å². The van der Waals surface area contributed by atoms with Crippen molar-refractivity contribution in [1.29, 1.82) is 0 Å². The maximum atomic E-state index is 5.66. The maximum Gasteiger partial charge on any atom is 0.203 e. The average molecular weight is 530 g/mol. The number of benzene rings is 3. The van der Waals surface area contributed by atoms with Crippen molar-refractivity contribution in [3.8, 4) is 50.9 Å². The van der Waals surface area contributed by atoms with Gasteiger partial charge in [0.1, 0.15) is 0 Å². The maximum absolute atomic E-state index is 5.66. The van der Waals surface area contributed by atoms with Crippen LogP contribution in [0.1, 0.15) is 5.69 Å². The summed E-state index contributed by atoms with van der Waals surface area (Å²) in [5.74, 6) is 1.68. The van der Waals surface area contributed by atoms with Crippen molar-refractivity contribution in [3.63, 3.8) is 0 Å². The monoisotopic (exact) mass is 529 g/mol. The molecule has 0 bridgehead atoms. The topological polar surface area (TPSA) is 57.9 Å². The smallest absolute Gasteiger partial charge is 0.203 e. The third-order valence-electron chi connectivity index (χ3n) is 5.92. The van der Waals surface area contributed by atoms with Gasteiger partial charge >= 0.3 is 0 Å². The van der Waals surface area contributed by atoms with Crippen LogP contribution in [0.15, 0.2) is 77.3 Å². The Morgan fingerprint density at radius 2 is 1.40 bits per heavy atom. The fourth-order valence-corrected chi connectivity index (χ4v) is 4.58. The summed E-state index contributed by atoms with van der Waals surface area (Å²) in [4.78, 5) is 4.93. The molecule has 0 saturated carbocycles. The average Bonchev–Trinajstić information content (AvgIpc) is 3.31. The molecule has 2 heterocycles. The van der Waals surface area contributed by atoms with Crippen LogP contribution in [0.5, 0.6) is 17.2 Å². The number of halogens is 1.